The number of amides is 1. The highest BCUT2D eigenvalue weighted by atomic mass is 16.1. The largest absolute Gasteiger partial charge is 0.350 e. The molecule has 0 unspecified atom stereocenters. The van der Waals surface area contributed by atoms with Crippen LogP contribution >= 0.6 is 0 Å². The van der Waals surface area contributed by atoms with Crippen molar-refractivity contribution in [2.75, 3.05) is 6.54 Å². The fourth-order valence-corrected chi connectivity index (χ4v) is 1.41. The number of aromatic nitrogens is 2. The van der Waals surface area contributed by atoms with Crippen LogP contribution in [0.4, 0.5) is 0 Å². The first-order valence-corrected chi connectivity index (χ1v) is 4.64. The summed E-state index contributed by atoms with van der Waals surface area (Å²) in [6, 6.07) is 1.68. The van der Waals surface area contributed by atoms with Crippen LogP contribution < -0.4 is 5.32 Å². The van der Waals surface area contributed by atoms with E-state index < -0.39 is 0 Å². The van der Waals surface area contributed by atoms with Gasteiger partial charge < -0.3 is 5.32 Å². The van der Waals surface area contributed by atoms with E-state index in [2.05, 4.69) is 15.5 Å². The summed E-state index contributed by atoms with van der Waals surface area (Å²) in [5, 5.41) is 9.23. The highest BCUT2D eigenvalue weighted by Gasteiger charge is 2.18. The second kappa shape index (κ2) is 3.60. The molecule has 1 saturated carbocycles. The molecule has 1 heterocycles. The van der Waals surface area contributed by atoms with Crippen LogP contribution in [0.5, 0.6) is 0 Å². The average Bonchev–Trinajstić information content (AvgIpc) is 2.52. The van der Waals surface area contributed by atoms with E-state index in [9.17, 15) is 4.79 Å². The van der Waals surface area contributed by atoms with Gasteiger partial charge in [0.05, 0.1) is 0 Å². The molecule has 13 heavy (non-hydrogen) atoms. The van der Waals surface area contributed by atoms with Crippen molar-refractivity contribution in [1.82, 2.24) is 15.5 Å². The summed E-state index contributed by atoms with van der Waals surface area (Å²) >= 11 is 0. The normalized spacial score (nSPS) is 16.6. The molecule has 4 nitrogen and oxygen atoms in total. The van der Waals surface area contributed by atoms with Gasteiger partial charge in [-0.1, -0.05) is 6.42 Å². The van der Waals surface area contributed by atoms with E-state index in [1.54, 1.807) is 12.3 Å². The van der Waals surface area contributed by atoms with Gasteiger partial charge in [0.15, 0.2) is 0 Å². The lowest BCUT2D eigenvalue weighted by Gasteiger charge is -2.25. The standard InChI is InChI=1S/C9H13N3O/c13-9(8-4-5-11-12-8)10-6-7-2-1-3-7/h4-5,7H,1-3,6H2,(H,10,13)(H,11,12). The minimum absolute atomic E-state index is 0.0515. The van der Waals surface area contributed by atoms with E-state index in [0.717, 1.165) is 6.54 Å². The highest BCUT2D eigenvalue weighted by Crippen LogP contribution is 2.25. The molecule has 0 atom stereocenters. The number of aromatic amines is 1. The Morgan fingerprint density at radius 2 is 2.54 bits per heavy atom. The fourth-order valence-electron chi connectivity index (χ4n) is 1.41. The lowest BCUT2D eigenvalue weighted by atomic mass is 9.85. The van der Waals surface area contributed by atoms with Gasteiger partial charge >= 0.3 is 0 Å². The number of carbonyl (C=O) groups excluding carboxylic acids is 1. The molecule has 4 heteroatoms. The zero-order valence-electron chi connectivity index (χ0n) is 7.42. The first-order valence-electron chi connectivity index (χ1n) is 4.64. The molecule has 2 N–H and O–H groups in total. The van der Waals surface area contributed by atoms with Crippen molar-refractivity contribution in [3.63, 3.8) is 0 Å². The van der Waals surface area contributed by atoms with Gasteiger partial charge in [0.1, 0.15) is 5.69 Å². The van der Waals surface area contributed by atoms with E-state index in [-0.39, 0.29) is 5.91 Å². The van der Waals surface area contributed by atoms with Crippen LogP contribution in [0, 0.1) is 5.92 Å². The highest BCUT2D eigenvalue weighted by molar-refractivity contribution is 5.92. The number of H-pyrrole nitrogens is 1. The molecule has 0 bridgehead atoms. The first-order chi connectivity index (χ1) is 6.36. The quantitative estimate of drug-likeness (QED) is 0.725. The van der Waals surface area contributed by atoms with Gasteiger partial charge in [0.2, 0.25) is 0 Å². The zero-order chi connectivity index (χ0) is 9.10. The van der Waals surface area contributed by atoms with Crippen molar-refractivity contribution in [2.45, 2.75) is 19.3 Å². The van der Waals surface area contributed by atoms with E-state index in [4.69, 9.17) is 0 Å². The van der Waals surface area contributed by atoms with Crippen molar-refractivity contribution in [3.8, 4) is 0 Å². The first kappa shape index (κ1) is 8.29. The number of nitrogens with zero attached hydrogens (tertiary/aromatic N) is 1. The maximum atomic E-state index is 11.4. The SMILES string of the molecule is O=C(NCC1CCC1)c1ccn[nH]1. The Morgan fingerprint density at radius 1 is 1.69 bits per heavy atom. The molecule has 1 aromatic rings. The molecular weight excluding hydrogens is 166 g/mol. The van der Waals surface area contributed by atoms with Crippen LogP contribution in [0.2, 0.25) is 0 Å². The average molecular weight is 179 g/mol. The third-order valence-corrected chi connectivity index (χ3v) is 2.52. The fraction of sp³-hybridized carbons (Fsp3) is 0.556. The Morgan fingerprint density at radius 3 is 3.08 bits per heavy atom. The summed E-state index contributed by atoms with van der Waals surface area (Å²) in [6.45, 7) is 0.803. The van der Waals surface area contributed by atoms with Crippen molar-refractivity contribution in [1.29, 1.82) is 0 Å². The number of hydrogen-bond donors (Lipinski definition) is 2. The maximum Gasteiger partial charge on any atom is 0.269 e. The summed E-state index contributed by atoms with van der Waals surface area (Å²) in [5.74, 6) is 0.649. The summed E-state index contributed by atoms with van der Waals surface area (Å²) in [5.41, 5.74) is 0.541. The zero-order valence-corrected chi connectivity index (χ0v) is 7.42. The third kappa shape index (κ3) is 1.88. The van der Waals surface area contributed by atoms with Crippen molar-refractivity contribution >= 4 is 5.91 Å². The molecule has 0 saturated heterocycles. The summed E-state index contributed by atoms with van der Waals surface area (Å²) < 4.78 is 0. The number of hydrogen-bond acceptors (Lipinski definition) is 2. The van der Waals surface area contributed by atoms with Gasteiger partial charge in [-0.2, -0.15) is 5.10 Å². The number of rotatable bonds is 3. The van der Waals surface area contributed by atoms with Crippen molar-refractivity contribution in [2.24, 2.45) is 5.92 Å². The molecule has 0 radical (unpaired) electrons. The van der Waals surface area contributed by atoms with Gasteiger partial charge in [0.25, 0.3) is 5.91 Å². The molecular formula is C9H13N3O. The van der Waals surface area contributed by atoms with E-state index in [1.165, 1.54) is 19.3 Å². The van der Waals surface area contributed by atoms with Crippen molar-refractivity contribution < 1.29 is 4.79 Å². The Bertz CT molecular complexity index is 277. The van der Waals surface area contributed by atoms with Crippen LogP contribution in [0.15, 0.2) is 12.3 Å². The van der Waals surface area contributed by atoms with E-state index in [0.29, 0.717) is 11.6 Å². The van der Waals surface area contributed by atoms with Crippen LogP contribution in [0.25, 0.3) is 0 Å². The van der Waals surface area contributed by atoms with Crippen LogP contribution in [-0.4, -0.2) is 22.6 Å². The topological polar surface area (TPSA) is 57.8 Å². The predicted molar refractivity (Wildman–Crippen MR) is 48.3 cm³/mol. The number of nitrogens with one attached hydrogen (secondary N) is 2. The lowest BCUT2D eigenvalue weighted by Crippen LogP contribution is -2.32. The second-order valence-corrected chi connectivity index (χ2v) is 3.48. The molecule has 0 spiro atoms. The molecule has 1 aliphatic carbocycles. The second-order valence-electron chi connectivity index (χ2n) is 3.48. The Kier molecular flexibility index (Phi) is 2.29. The molecule has 2 rings (SSSR count). The summed E-state index contributed by atoms with van der Waals surface area (Å²) in [6.07, 6.45) is 5.40. The molecule has 1 aromatic heterocycles. The lowest BCUT2D eigenvalue weighted by molar-refractivity contribution is 0.0934. The molecule has 0 aliphatic heterocycles. The molecule has 70 valence electrons. The molecule has 1 fully saturated rings. The van der Waals surface area contributed by atoms with Gasteiger partial charge in [-0.25, -0.2) is 0 Å². The van der Waals surface area contributed by atoms with Gasteiger partial charge in [0, 0.05) is 12.7 Å². The minimum atomic E-state index is -0.0515. The minimum Gasteiger partial charge on any atom is -0.350 e. The molecule has 1 amide bonds. The number of carbonyl (C=O) groups is 1. The van der Waals surface area contributed by atoms with Crippen LogP contribution in [0.1, 0.15) is 29.8 Å². The van der Waals surface area contributed by atoms with Crippen LogP contribution in [0.3, 0.4) is 0 Å². The monoisotopic (exact) mass is 179 g/mol. The molecule has 1 aliphatic rings. The Balaban J connectivity index is 1.78. The van der Waals surface area contributed by atoms with Gasteiger partial charge in [-0.15, -0.1) is 0 Å². The third-order valence-electron chi connectivity index (χ3n) is 2.52. The van der Waals surface area contributed by atoms with E-state index >= 15 is 0 Å². The summed E-state index contributed by atoms with van der Waals surface area (Å²) in [4.78, 5) is 11.4. The van der Waals surface area contributed by atoms with Gasteiger partial charge in [-0.3, -0.25) is 9.89 Å². The van der Waals surface area contributed by atoms with Crippen LogP contribution in [-0.2, 0) is 0 Å². The van der Waals surface area contributed by atoms with Gasteiger partial charge in [-0.05, 0) is 24.8 Å². The van der Waals surface area contributed by atoms with Crippen molar-refractivity contribution in [3.05, 3.63) is 18.0 Å². The Labute approximate surface area is 76.7 Å². The summed E-state index contributed by atoms with van der Waals surface area (Å²) in [7, 11) is 0. The Hall–Kier alpha value is -1.32. The molecule has 0 aromatic carbocycles. The smallest absolute Gasteiger partial charge is 0.269 e. The maximum absolute atomic E-state index is 11.4. The predicted octanol–water partition coefficient (Wildman–Crippen LogP) is 0.940. The van der Waals surface area contributed by atoms with E-state index in [1.807, 2.05) is 0 Å².